The van der Waals surface area contributed by atoms with Crippen molar-refractivity contribution in [3.8, 4) is 0 Å². The summed E-state index contributed by atoms with van der Waals surface area (Å²) in [6.07, 6.45) is 0.592. The van der Waals surface area contributed by atoms with Gasteiger partial charge in [-0.1, -0.05) is 37.6 Å². The number of β-amino-alcohol motifs (C(OH)–C–C–N with tert-alkyl or cyclic N) is 1. The summed E-state index contributed by atoms with van der Waals surface area (Å²) in [5.41, 5.74) is 2.27. The van der Waals surface area contributed by atoms with E-state index in [0.29, 0.717) is 12.6 Å². The fraction of sp³-hybridized carbons (Fsp3) is 0.571. The Balaban J connectivity index is 2.21. The molecule has 1 aliphatic heterocycles. The molecule has 1 aliphatic rings. The third kappa shape index (κ3) is 3.16. The van der Waals surface area contributed by atoms with Gasteiger partial charge in [0.05, 0.1) is 16.8 Å². The van der Waals surface area contributed by atoms with Crippen LogP contribution < -0.4 is 10.2 Å². The second-order valence-electron chi connectivity index (χ2n) is 5.17. The highest BCUT2D eigenvalue weighted by atomic mass is 35.5. The number of para-hydroxylation sites is 1. The van der Waals surface area contributed by atoms with Gasteiger partial charge in [0.2, 0.25) is 0 Å². The number of benzene rings is 1. The molecule has 4 heteroatoms. The van der Waals surface area contributed by atoms with Gasteiger partial charge in [-0.3, -0.25) is 0 Å². The van der Waals surface area contributed by atoms with Crippen LogP contribution in [0.15, 0.2) is 18.2 Å². The largest absolute Gasteiger partial charge is 0.391 e. The molecule has 1 aromatic rings. The van der Waals surface area contributed by atoms with E-state index in [1.165, 1.54) is 5.56 Å². The summed E-state index contributed by atoms with van der Waals surface area (Å²) >= 11 is 6.32. The van der Waals surface area contributed by atoms with Crippen molar-refractivity contribution in [1.29, 1.82) is 0 Å². The van der Waals surface area contributed by atoms with Crippen molar-refractivity contribution in [1.82, 2.24) is 5.32 Å². The number of hydrogen-bond donors (Lipinski definition) is 2. The lowest BCUT2D eigenvalue weighted by Crippen LogP contribution is -2.26. The fourth-order valence-electron chi connectivity index (χ4n) is 2.32. The van der Waals surface area contributed by atoms with E-state index in [1.807, 2.05) is 12.1 Å². The van der Waals surface area contributed by atoms with Crippen molar-refractivity contribution in [2.45, 2.75) is 39.0 Å². The van der Waals surface area contributed by atoms with Gasteiger partial charge in [0.1, 0.15) is 0 Å². The van der Waals surface area contributed by atoms with Gasteiger partial charge in [-0.2, -0.15) is 0 Å². The van der Waals surface area contributed by atoms with E-state index in [9.17, 15) is 5.11 Å². The van der Waals surface area contributed by atoms with Gasteiger partial charge in [0, 0.05) is 25.7 Å². The second-order valence-corrected chi connectivity index (χ2v) is 5.58. The van der Waals surface area contributed by atoms with Crippen LogP contribution in [-0.4, -0.2) is 30.3 Å². The van der Waals surface area contributed by atoms with Crippen molar-refractivity contribution >= 4 is 17.3 Å². The molecule has 0 bridgehead atoms. The zero-order valence-corrected chi connectivity index (χ0v) is 11.7. The predicted molar refractivity (Wildman–Crippen MR) is 76.3 cm³/mol. The van der Waals surface area contributed by atoms with Crippen LogP contribution in [0.3, 0.4) is 0 Å². The summed E-state index contributed by atoms with van der Waals surface area (Å²) in [6.45, 7) is 6.62. The highest BCUT2D eigenvalue weighted by Crippen LogP contribution is 2.32. The first-order valence-corrected chi connectivity index (χ1v) is 6.89. The maximum absolute atomic E-state index is 9.66. The van der Waals surface area contributed by atoms with E-state index in [-0.39, 0.29) is 6.10 Å². The van der Waals surface area contributed by atoms with Crippen LogP contribution in [0, 0.1) is 0 Å². The number of aliphatic hydroxyl groups excluding tert-OH is 1. The van der Waals surface area contributed by atoms with Gasteiger partial charge in [-0.05, 0) is 18.1 Å². The molecule has 18 heavy (non-hydrogen) atoms. The lowest BCUT2D eigenvalue weighted by atomic mass is 10.1. The lowest BCUT2D eigenvalue weighted by molar-refractivity contribution is 0.198. The van der Waals surface area contributed by atoms with Crippen molar-refractivity contribution in [3.05, 3.63) is 28.8 Å². The molecule has 1 heterocycles. The van der Waals surface area contributed by atoms with Crippen LogP contribution in [0.4, 0.5) is 5.69 Å². The van der Waals surface area contributed by atoms with Crippen molar-refractivity contribution < 1.29 is 5.11 Å². The SMILES string of the molecule is CC(C)NCc1cccc(Cl)c1N1CCC(O)C1. The van der Waals surface area contributed by atoms with Crippen molar-refractivity contribution in [3.63, 3.8) is 0 Å². The van der Waals surface area contributed by atoms with Crippen LogP contribution in [-0.2, 0) is 6.54 Å². The Morgan fingerprint density at radius 2 is 2.28 bits per heavy atom. The molecule has 1 unspecified atom stereocenters. The minimum absolute atomic E-state index is 0.229. The normalized spacial score (nSPS) is 19.8. The highest BCUT2D eigenvalue weighted by Gasteiger charge is 2.24. The smallest absolute Gasteiger partial charge is 0.0731 e. The fourth-order valence-corrected chi connectivity index (χ4v) is 2.63. The number of anilines is 1. The molecule has 0 aliphatic carbocycles. The van der Waals surface area contributed by atoms with Crippen molar-refractivity contribution in [2.75, 3.05) is 18.0 Å². The van der Waals surface area contributed by atoms with Gasteiger partial charge in [-0.25, -0.2) is 0 Å². The zero-order valence-electron chi connectivity index (χ0n) is 11.0. The molecule has 1 atom stereocenters. The molecule has 1 saturated heterocycles. The number of aliphatic hydroxyl groups is 1. The Bertz CT molecular complexity index is 409. The third-order valence-electron chi connectivity index (χ3n) is 3.25. The van der Waals surface area contributed by atoms with E-state index in [4.69, 9.17) is 11.6 Å². The van der Waals surface area contributed by atoms with Gasteiger partial charge in [0.15, 0.2) is 0 Å². The highest BCUT2D eigenvalue weighted by molar-refractivity contribution is 6.33. The molecule has 100 valence electrons. The summed E-state index contributed by atoms with van der Waals surface area (Å²) in [5.74, 6) is 0. The molecule has 0 radical (unpaired) electrons. The van der Waals surface area contributed by atoms with Crippen LogP contribution >= 0.6 is 11.6 Å². The van der Waals surface area contributed by atoms with Crippen LogP contribution in [0.1, 0.15) is 25.8 Å². The summed E-state index contributed by atoms with van der Waals surface area (Å²) < 4.78 is 0. The third-order valence-corrected chi connectivity index (χ3v) is 3.56. The lowest BCUT2D eigenvalue weighted by Gasteiger charge is -2.23. The predicted octanol–water partition coefficient (Wildman–Crippen LogP) is 2.41. The zero-order chi connectivity index (χ0) is 13.1. The summed E-state index contributed by atoms with van der Waals surface area (Å²) in [7, 11) is 0. The summed E-state index contributed by atoms with van der Waals surface area (Å²) in [4.78, 5) is 2.18. The molecule has 3 nitrogen and oxygen atoms in total. The van der Waals surface area contributed by atoms with Crippen LogP contribution in [0.5, 0.6) is 0 Å². The van der Waals surface area contributed by atoms with Gasteiger partial charge in [-0.15, -0.1) is 0 Å². The first-order chi connectivity index (χ1) is 8.58. The van der Waals surface area contributed by atoms with Crippen LogP contribution in [0.25, 0.3) is 0 Å². The van der Waals surface area contributed by atoms with E-state index in [1.54, 1.807) is 0 Å². The first-order valence-electron chi connectivity index (χ1n) is 6.51. The van der Waals surface area contributed by atoms with E-state index in [0.717, 1.165) is 30.2 Å². The average Bonchev–Trinajstić information content (AvgIpc) is 2.72. The molecule has 2 rings (SSSR count). The summed E-state index contributed by atoms with van der Waals surface area (Å²) in [5, 5.41) is 13.8. The number of halogens is 1. The maximum atomic E-state index is 9.66. The second kappa shape index (κ2) is 5.91. The Morgan fingerprint density at radius 1 is 1.50 bits per heavy atom. The number of hydrogen-bond acceptors (Lipinski definition) is 3. The minimum atomic E-state index is -0.229. The van der Waals surface area contributed by atoms with E-state index < -0.39 is 0 Å². The Kier molecular flexibility index (Phi) is 4.49. The van der Waals surface area contributed by atoms with Crippen molar-refractivity contribution in [2.24, 2.45) is 0 Å². The monoisotopic (exact) mass is 268 g/mol. The molecule has 1 fully saturated rings. The average molecular weight is 269 g/mol. The van der Waals surface area contributed by atoms with Gasteiger partial charge >= 0.3 is 0 Å². The maximum Gasteiger partial charge on any atom is 0.0731 e. The molecule has 0 spiro atoms. The molecular formula is C14H21ClN2O. The van der Waals surface area contributed by atoms with Gasteiger partial charge < -0.3 is 15.3 Å². The number of rotatable bonds is 4. The van der Waals surface area contributed by atoms with Gasteiger partial charge in [0.25, 0.3) is 0 Å². The Labute approximate surface area is 114 Å². The quantitative estimate of drug-likeness (QED) is 0.880. The van der Waals surface area contributed by atoms with E-state index in [2.05, 4.69) is 30.1 Å². The molecule has 2 N–H and O–H groups in total. The molecule has 0 saturated carbocycles. The molecule has 1 aromatic carbocycles. The topological polar surface area (TPSA) is 35.5 Å². The molecule has 0 amide bonds. The van der Waals surface area contributed by atoms with Crippen LogP contribution in [0.2, 0.25) is 5.02 Å². The molecule has 0 aromatic heterocycles. The molecular weight excluding hydrogens is 248 g/mol. The first kappa shape index (κ1) is 13.7. The number of nitrogens with zero attached hydrogens (tertiary/aromatic N) is 1. The minimum Gasteiger partial charge on any atom is -0.391 e. The van der Waals surface area contributed by atoms with E-state index >= 15 is 0 Å². The standard InChI is InChI=1S/C14H21ClN2O/c1-10(2)16-8-11-4-3-5-13(15)14(11)17-7-6-12(18)9-17/h3-5,10,12,16,18H,6-9H2,1-2H3. The Morgan fingerprint density at radius 3 is 2.89 bits per heavy atom. The number of nitrogens with one attached hydrogen (secondary N) is 1. The summed E-state index contributed by atoms with van der Waals surface area (Å²) in [6, 6.07) is 6.44. The Hall–Kier alpha value is -0.770.